The van der Waals surface area contributed by atoms with Gasteiger partial charge in [0.15, 0.2) is 5.01 Å². The Morgan fingerprint density at radius 2 is 2.20 bits per heavy atom. The maximum absolute atomic E-state index is 12.3. The number of thiophene rings is 1. The van der Waals surface area contributed by atoms with Gasteiger partial charge >= 0.3 is 0 Å². The van der Waals surface area contributed by atoms with Gasteiger partial charge in [0, 0.05) is 11.6 Å². The molecule has 4 aromatic rings. The average Bonchev–Trinajstić information content (AvgIpc) is 3.41. The first kappa shape index (κ1) is 15.6. The lowest BCUT2D eigenvalue weighted by Crippen LogP contribution is -2.22. The monoisotopic (exact) mass is 368 g/mol. The number of aromatic nitrogens is 5. The van der Waals surface area contributed by atoms with Gasteiger partial charge in [-0.15, -0.1) is 27.8 Å². The topological polar surface area (TPSA) is 85.6 Å². The molecule has 4 rings (SSSR count). The summed E-state index contributed by atoms with van der Waals surface area (Å²) in [5, 5.41) is 15.2. The van der Waals surface area contributed by atoms with Crippen LogP contribution in [0, 0.1) is 0 Å². The second kappa shape index (κ2) is 6.91. The molecule has 9 heteroatoms. The van der Waals surface area contributed by atoms with Gasteiger partial charge in [-0.05, 0) is 23.6 Å². The van der Waals surface area contributed by atoms with Crippen LogP contribution >= 0.6 is 22.7 Å². The summed E-state index contributed by atoms with van der Waals surface area (Å²) in [7, 11) is 0. The number of rotatable bonds is 5. The van der Waals surface area contributed by atoms with E-state index >= 15 is 0 Å². The predicted molar refractivity (Wildman–Crippen MR) is 95.8 cm³/mol. The summed E-state index contributed by atoms with van der Waals surface area (Å²) >= 11 is 2.93. The summed E-state index contributed by atoms with van der Waals surface area (Å²) < 4.78 is 1.62. The smallest absolute Gasteiger partial charge is 0.280 e. The fraction of sp³-hybridized carbons (Fsp3) is 0.0625. The fourth-order valence-electron chi connectivity index (χ4n) is 2.16. The number of hydrogen-bond donors (Lipinski definition) is 1. The summed E-state index contributed by atoms with van der Waals surface area (Å²) in [5.74, 6) is -0.219. The summed E-state index contributed by atoms with van der Waals surface area (Å²) in [6, 6.07) is 7.65. The van der Waals surface area contributed by atoms with Gasteiger partial charge in [0.2, 0.25) is 0 Å². The Kier molecular flexibility index (Phi) is 4.32. The van der Waals surface area contributed by atoms with Crippen LogP contribution in [0.2, 0.25) is 0 Å². The van der Waals surface area contributed by atoms with Crippen LogP contribution in [0.25, 0.3) is 16.3 Å². The second-order valence-electron chi connectivity index (χ2n) is 5.06. The molecule has 0 aliphatic heterocycles. The van der Waals surface area contributed by atoms with Crippen LogP contribution in [-0.2, 0) is 6.54 Å². The van der Waals surface area contributed by atoms with Crippen molar-refractivity contribution >= 4 is 28.6 Å². The highest BCUT2D eigenvalue weighted by atomic mass is 32.1. The Balaban J connectivity index is 1.40. The first-order chi connectivity index (χ1) is 12.3. The minimum absolute atomic E-state index is 0.219. The third kappa shape index (κ3) is 3.47. The SMILES string of the molecule is O=C(NCc1cn(-c2cccnc2)nn1)c1nc(-c2cccs2)cs1. The number of nitrogens with one attached hydrogen (secondary N) is 1. The lowest BCUT2D eigenvalue weighted by Gasteiger charge is -1.99. The molecule has 0 aromatic carbocycles. The molecule has 0 aliphatic carbocycles. The number of amides is 1. The highest BCUT2D eigenvalue weighted by molar-refractivity contribution is 7.15. The number of thiazole rings is 1. The van der Waals surface area contributed by atoms with Crippen LogP contribution in [0.15, 0.2) is 53.6 Å². The van der Waals surface area contributed by atoms with E-state index in [1.54, 1.807) is 34.6 Å². The number of pyridine rings is 1. The average molecular weight is 368 g/mol. The third-order valence-corrected chi connectivity index (χ3v) is 5.09. The molecule has 7 nitrogen and oxygen atoms in total. The Morgan fingerprint density at radius 1 is 1.24 bits per heavy atom. The maximum atomic E-state index is 12.3. The summed E-state index contributed by atoms with van der Waals surface area (Å²) in [4.78, 5) is 21.7. The minimum atomic E-state index is -0.219. The van der Waals surface area contributed by atoms with Crippen molar-refractivity contribution in [2.24, 2.45) is 0 Å². The highest BCUT2D eigenvalue weighted by Gasteiger charge is 2.13. The van der Waals surface area contributed by atoms with E-state index in [-0.39, 0.29) is 12.5 Å². The summed E-state index contributed by atoms with van der Waals surface area (Å²) in [6.45, 7) is 0.285. The molecule has 4 aromatic heterocycles. The van der Waals surface area contributed by atoms with Crippen LogP contribution in [0.4, 0.5) is 0 Å². The quantitative estimate of drug-likeness (QED) is 0.585. The number of nitrogens with zero attached hydrogens (tertiary/aromatic N) is 5. The molecule has 0 atom stereocenters. The fourth-order valence-corrected chi connectivity index (χ4v) is 3.65. The van der Waals surface area contributed by atoms with Crippen LogP contribution in [-0.4, -0.2) is 30.9 Å². The van der Waals surface area contributed by atoms with E-state index in [0.29, 0.717) is 10.7 Å². The highest BCUT2D eigenvalue weighted by Crippen LogP contribution is 2.25. The van der Waals surface area contributed by atoms with Crippen LogP contribution < -0.4 is 5.32 Å². The van der Waals surface area contributed by atoms with E-state index in [1.165, 1.54) is 11.3 Å². The Labute approximate surface area is 151 Å². The first-order valence-electron chi connectivity index (χ1n) is 7.39. The molecule has 25 heavy (non-hydrogen) atoms. The lowest BCUT2D eigenvalue weighted by molar-refractivity contribution is 0.0950. The first-order valence-corrected chi connectivity index (χ1v) is 9.15. The zero-order valence-corrected chi connectivity index (χ0v) is 14.5. The van der Waals surface area contributed by atoms with Crippen molar-refractivity contribution < 1.29 is 4.79 Å². The van der Waals surface area contributed by atoms with Crippen molar-refractivity contribution in [1.29, 1.82) is 0 Å². The van der Waals surface area contributed by atoms with Crippen molar-refractivity contribution in [1.82, 2.24) is 30.3 Å². The molecule has 1 amide bonds. The molecule has 4 heterocycles. The standard InChI is InChI=1S/C16H12N6OS2/c23-15(16-19-13(10-25-16)14-4-2-6-24-14)18-7-11-9-22(21-20-11)12-3-1-5-17-8-12/h1-6,8-10H,7H2,(H,18,23). The zero-order valence-electron chi connectivity index (χ0n) is 12.9. The van der Waals surface area contributed by atoms with E-state index in [2.05, 4.69) is 25.6 Å². The van der Waals surface area contributed by atoms with Gasteiger partial charge in [-0.2, -0.15) is 0 Å². The molecule has 0 fully saturated rings. The summed E-state index contributed by atoms with van der Waals surface area (Å²) in [6.07, 6.45) is 5.15. The van der Waals surface area contributed by atoms with E-state index in [9.17, 15) is 4.79 Å². The largest absolute Gasteiger partial charge is 0.344 e. The molecular weight excluding hydrogens is 356 g/mol. The van der Waals surface area contributed by atoms with Gasteiger partial charge in [-0.3, -0.25) is 9.78 Å². The molecule has 0 unspecified atom stereocenters. The molecule has 124 valence electrons. The molecule has 0 spiro atoms. The van der Waals surface area contributed by atoms with Crippen LogP contribution in [0.5, 0.6) is 0 Å². The molecule has 0 aliphatic rings. The van der Waals surface area contributed by atoms with Crippen LogP contribution in [0.3, 0.4) is 0 Å². The van der Waals surface area contributed by atoms with Crippen molar-refractivity contribution in [3.63, 3.8) is 0 Å². The van der Waals surface area contributed by atoms with Crippen molar-refractivity contribution in [2.45, 2.75) is 6.54 Å². The molecule has 0 bridgehead atoms. The molecule has 0 saturated carbocycles. The molecule has 0 radical (unpaired) electrons. The van der Waals surface area contributed by atoms with Gasteiger partial charge in [0.05, 0.1) is 35.2 Å². The van der Waals surface area contributed by atoms with Gasteiger partial charge in [0.25, 0.3) is 5.91 Å². The Hall–Kier alpha value is -2.91. The normalized spacial score (nSPS) is 10.7. The maximum Gasteiger partial charge on any atom is 0.280 e. The Bertz CT molecular complexity index is 977. The van der Waals surface area contributed by atoms with Gasteiger partial charge in [-0.25, -0.2) is 9.67 Å². The van der Waals surface area contributed by atoms with Gasteiger partial charge in [0.1, 0.15) is 5.69 Å². The van der Waals surface area contributed by atoms with Gasteiger partial charge in [-0.1, -0.05) is 11.3 Å². The van der Waals surface area contributed by atoms with E-state index < -0.39 is 0 Å². The third-order valence-electron chi connectivity index (χ3n) is 3.35. The minimum Gasteiger partial charge on any atom is -0.344 e. The van der Waals surface area contributed by atoms with E-state index in [1.807, 2.05) is 35.0 Å². The number of hydrogen-bond acceptors (Lipinski definition) is 7. The predicted octanol–water partition coefficient (Wildman–Crippen LogP) is 2.78. The number of carbonyl (C=O) groups is 1. The van der Waals surface area contributed by atoms with Crippen molar-refractivity contribution in [3.05, 3.63) is 64.3 Å². The van der Waals surface area contributed by atoms with E-state index in [4.69, 9.17) is 0 Å². The molecule has 1 N–H and O–H groups in total. The van der Waals surface area contributed by atoms with Crippen LogP contribution in [0.1, 0.15) is 15.5 Å². The number of carbonyl (C=O) groups excluding carboxylic acids is 1. The zero-order chi connectivity index (χ0) is 17.1. The van der Waals surface area contributed by atoms with Gasteiger partial charge < -0.3 is 5.32 Å². The molecule has 0 saturated heterocycles. The van der Waals surface area contributed by atoms with Crippen molar-refractivity contribution in [2.75, 3.05) is 0 Å². The molecular formula is C16H12N6OS2. The Morgan fingerprint density at radius 3 is 3.00 bits per heavy atom. The van der Waals surface area contributed by atoms with E-state index in [0.717, 1.165) is 16.3 Å². The second-order valence-corrected chi connectivity index (χ2v) is 6.87. The summed E-state index contributed by atoms with van der Waals surface area (Å²) in [5.41, 5.74) is 2.30. The van der Waals surface area contributed by atoms with Crippen molar-refractivity contribution in [3.8, 4) is 16.3 Å². The lowest BCUT2D eigenvalue weighted by atomic mass is 10.4.